The summed E-state index contributed by atoms with van der Waals surface area (Å²) < 4.78 is 25.1. The molecule has 0 fully saturated rings. The number of hydrogen-bond donors (Lipinski definition) is 1. The van der Waals surface area contributed by atoms with Gasteiger partial charge in [-0.25, -0.2) is 4.39 Å². The predicted molar refractivity (Wildman–Crippen MR) is 116 cm³/mol. The Kier molecular flexibility index (Phi) is 7.36. The van der Waals surface area contributed by atoms with Crippen LogP contribution in [-0.4, -0.2) is 19.6 Å². The summed E-state index contributed by atoms with van der Waals surface area (Å²) >= 11 is 0. The Morgan fingerprint density at radius 1 is 1.13 bits per heavy atom. The molecule has 1 atom stereocenters. The van der Waals surface area contributed by atoms with Gasteiger partial charge in [0.05, 0.1) is 18.7 Å². The summed E-state index contributed by atoms with van der Waals surface area (Å²) in [6.07, 6.45) is -1.09. The molecule has 6 heteroatoms. The lowest BCUT2D eigenvalue weighted by molar-refractivity contribution is -0.133. The van der Waals surface area contributed by atoms with Crippen molar-refractivity contribution in [2.24, 2.45) is 0 Å². The molecule has 158 valence electrons. The van der Waals surface area contributed by atoms with Crippen LogP contribution in [0.5, 0.6) is 5.75 Å². The standard InChI is InChI=1S/C25H23FN2O3/c1-3-31-24(21-12-11-20(30-2)14-23(21)26)25(29)28-16-19-10-9-17(15-27)13-22(19)18-7-5-4-6-8-18/h4-14,24H,3,16H2,1-2H3,(H,28,29)/t24-/m0/s1. The van der Waals surface area contributed by atoms with E-state index >= 15 is 0 Å². The maximum absolute atomic E-state index is 14.5. The van der Waals surface area contributed by atoms with Crippen molar-refractivity contribution in [2.45, 2.75) is 19.6 Å². The van der Waals surface area contributed by atoms with E-state index in [1.54, 1.807) is 25.1 Å². The monoisotopic (exact) mass is 418 g/mol. The first-order chi connectivity index (χ1) is 15.1. The quantitative estimate of drug-likeness (QED) is 0.572. The van der Waals surface area contributed by atoms with Gasteiger partial charge in [0.25, 0.3) is 5.91 Å². The summed E-state index contributed by atoms with van der Waals surface area (Å²) in [4.78, 5) is 12.9. The number of nitrogens with zero attached hydrogens (tertiary/aromatic N) is 1. The summed E-state index contributed by atoms with van der Waals surface area (Å²) in [6, 6.07) is 21.4. The number of nitriles is 1. The minimum Gasteiger partial charge on any atom is -0.497 e. The molecule has 3 aromatic rings. The lowest BCUT2D eigenvalue weighted by Gasteiger charge is -2.19. The predicted octanol–water partition coefficient (Wildman–Crippen LogP) is 4.77. The van der Waals surface area contributed by atoms with Crippen molar-refractivity contribution in [1.82, 2.24) is 5.32 Å². The van der Waals surface area contributed by atoms with E-state index < -0.39 is 17.8 Å². The average molecular weight is 418 g/mol. The zero-order chi connectivity index (χ0) is 22.2. The lowest BCUT2D eigenvalue weighted by atomic mass is 9.97. The van der Waals surface area contributed by atoms with E-state index in [4.69, 9.17) is 9.47 Å². The van der Waals surface area contributed by atoms with Crippen molar-refractivity contribution in [3.63, 3.8) is 0 Å². The van der Waals surface area contributed by atoms with Gasteiger partial charge in [-0.1, -0.05) is 36.4 Å². The molecule has 0 bridgehead atoms. The van der Waals surface area contributed by atoms with E-state index in [2.05, 4.69) is 11.4 Å². The molecule has 0 spiro atoms. The number of benzene rings is 3. The van der Waals surface area contributed by atoms with Crippen LogP contribution in [0.1, 0.15) is 29.7 Å². The molecular weight excluding hydrogens is 395 g/mol. The molecule has 0 aliphatic rings. The van der Waals surface area contributed by atoms with Gasteiger partial charge in [-0.05, 0) is 47.9 Å². The van der Waals surface area contributed by atoms with Crippen molar-refractivity contribution < 1.29 is 18.7 Å². The van der Waals surface area contributed by atoms with Gasteiger partial charge in [0.15, 0.2) is 6.10 Å². The first-order valence-electron chi connectivity index (χ1n) is 9.88. The minimum atomic E-state index is -1.09. The topological polar surface area (TPSA) is 71.3 Å². The largest absolute Gasteiger partial charge is 0.497 e. The second kappa shape index (κ2) is 10.4. The van der Waals surface area contributed by atoms with E-state index in [0.717, 1.165) is 16.7 Å². The lowest BCUT2D eigenvalue weighted by Crippen LogP contribution is -2.31. The van der Waals surface area contributed by atoms with Gasteiger partial charge in [0.2, 0.25) is 0 Å². The van der Waals surface area contributed by atoms with Crippen molar-refractivity contribution in [3.05, 3.63) is 89.2 Å². The first-order valence-corrected chi connectivity index (χ1v) is 9.88. The number of rotatable bonds is 8. The SMILES string of the molecule is CCO[C@H](C(=O)NCc1ccc(C#N)cc1-c1ccccc1)c1ccc(OC)cc1F. The maximum atomic E-state index is 14.5. The van der Waals surface area contributed by atoms with Gasteiger partial charge in [-0.2, -0.15) is 5.26 Å². The molecule has 0 aromatic heterocycles. The van der Waals surface area contributed by atoms with Gasteiger partial charge in [0, 0.05) is 24.8 Å². The van der Waals surface area contributed by atoms with Crippen LogP contribution in [0.4, 0.5) is 4.39 Å². The third kappa shape index (κ3) is 5.27. The van der Waals surface area contributed by atoms with Crippen LogP contribution in [0, 0.1) is 17.1 Å². The van der Waals surface area contributed by atoms with Crippen molar-refractivity contribution >= 4 is 5.91 Å². The highest BCUT2D eigenvalue weighted by Crippen LogP contribution is 2.27. The third-order valence-corrected chi connectivity index (χ3v) is 4.84. The molecule has 0 saturated carbocycles. The third-order valence-electron chi connectivity index (χ3n) is 4.84. The number of ether oxygens (including phenoxy) is 2. The summed E-state index contributed by atoms with van der Waals surface area (Å²) in [5.74, 6) is -0.660. The molecule has 0 aliphatic carbocycles. The summed E-state index contributed by atoms with van der Waals surface area (Å²) in [6.45, 7) is 2.20. The van der Waals surface area contributed by atoms with Crippen LogP contribution in [-0.2, 0) is 16.1 Å². The van der Waals surface area contributed by atoms with Crippen LogP contribution in [0.15, 0.2) is 66.7 Å². The number of carbonyl (C=O) groups is 1. The fourth-order valence-electron chi connectivity index (χ4n) is 3.28. The van der Waals surface area contributed by atoms with E-state index in [-0.39, 0.29) is 18.7 Å². The number of halogens is 1. The van der Waals surface area contributed by atoms with Crippen LogP contribution in [0.2, 0.25) is 0 Å². The Labute approximate surface area is 181 Å². The van der Waals surface area contributed by atoms with Gasteiger partial charge < -0.3 is 14.8 Å². The number of methoxy groups -OCH3 is 1. The molecule has 1 N–H and O–H groups in total. The molecule has 3 aromatic carbocycles. The normalized spacial score (nSPS) is 11.4. The van der Waals surface area contributed by atoms with Crippen molar-refractivity contribution in [2.75, 3.05) is 13.7 Å². The van der Waals surface area contributed by atoms with E-state index in [1.165, 1.54) is 19.2 Å². The highest BCUT2D eigenvalue weighted by molar-refractivity contribution is 5.82. The number of hydrogen-bond acceptors (Lipinski definition) is 4. The molecular formula is C25H23FN2O3. The summed E-state index contributed by atoms with van der Waals surface area (Å²) in [5.41, 5.74) is 3.30. The fraction of sp³-hybridized carbons (Fsp3) is 0.200. The van der Waals surface area contributed by atoms with E-state index in [0.29, 0.717) is 11.3 Å². The second-order valence-electron chi connectivity index (χ2n) is 6.79. The highest BCUT2D eigenvalue weighted by Gasteiger charge is 2.24. The van der Waals surface area contributed by atoms with Crippen molar-refractivity contribution in [3.8, 4) is 22.9 Å². The zero-order valence-corrected chi connectivity index (χ0v) is 17.4. The molecule has 31 heavy (non-hydrogen) atoms. The summed E-state index contributed by atoms with van der Waals surface area (Å²) in [5, 5.41) is 12.1. The maximum Gasteiger partial charge on any atom is 0.254 e. The Bertz CT molecular complexity index is 1090. The molecule has 5 nitrogen and oxygen atoms in total. The molecule has 0 unspecified atom stereocenters. The molecule has 0 heterocycles. The number of amides is 1. The van der Waals surface area contributed by atoms with Crippen LogP contribution in [0.3, 0.4) is 0 Å². The zero-order valence-electron chi connectivity index (χ0n) is 17.4. The van der Waals surface area contributed by atoms with Crippen LogP contribution in [0.25, 0.3) is 11.1 Å². The number of carbonyl (C=O) groups excluding carboxylic acids is 1. The molecule has 0 radical (unpaired) electrons. The molecule has 3 rings (SSSR count). The molecule has 0 saturated heterocycles. The molecule has 1 amide bonds. The molecule has 0 aliphatic heterocycles. The van der Waals surface area contributed by atoms with Crippen molar-refractivity contribution in [1.29, 1.82) is 5.26 Å². The highest BCUT2D eigenvalue weighted by atomic mass is 19.1. The Morgan fingerprint density at radius 2 is 1.90 bits per heavy atom. The summed E-state index contributed by atoms with van der Waals surface area (Å²) in [7, 11) is 1.45. The van der Waals surface area contributed by atoms with Gasteiger partial charge >= 0.3 is 0 Å². The van der Waals surface area contributed by atoms with E-state index in [9.17, 15) is 14.4 Å². The Balaban J connectivity index is 1.84. The first kappa shape index (κ1) is 22.0. The fourth-order valence-corrected chi connectivity index (χ4v) is 3.28. The Morgan fingerprint density at radius 3 is 2.55 bits per heavy atom. The van der Waals surface area contributed by atoms with Crippen LogP contribution >= 0.6 is 0 Å². The second-order valence-corrected chi connectivity index (χ2v) is 6.79. The van der Waals surface area contributed by atoms with Gasteiger partial charge in [-0.3, -0.25) is 4.79 Å². The van der Waals surface area contributed by atoms with Gasteiger partial charge in [-0.15, -0.1) is 0 Å². The van der Waals surface area contributed by atoms with E-state index in [1.807, 2.05) is 36.4 Å². The Hall–Kier alpha value is -3.69. The average Bonchev–Trinajstić information content (AvgIpc) is 2.81. The van der Waals surface area contributed by atoms with Crippen LogP contribution < -0.4 is 10.1 Å². The smallest absolute Gasteiger partial charge is 0.254 e. The number of nitrogens with one attached hydrogen (secondary N) is 1. The minimum absolute atomic E-state index is 0.142. The van der Waals surface area contributed by atoms with Gasteiger partial charge in [0.1, 0.15) is 11.6 Å².